The van der Waals surface area contributed by atoms with Gasteiger partial charge in [-0.2, -0.15) is 5.10 Å². The summed E-state index contributed by atoms with van der Waals surface area (Å²) in [4.78, 5) is 14.4. The molecule has 0 saturated carbocycles. The number of anilines is 1. The first-order chi connectivity index (χ1) is 18.8. The predicted molar refractivity (Wildman–Crippen MR) is 153 cm³/mol. The maximum Gasteiger partial charge on any atom is 0.264 e. The highest BCUT2D eigenvalue weighted by molar-refractivity contribution is 7.90. The molecule has 1 N–H and O–H groups in total. The predicted octanol–water partition coefficient (Wildman–Crippen LogP) is 5.64. The summed E-state index contributed by atoms with van der Waals surface area (Å²) >= 11 is 6.27. The highest BCUT2D eigenvalue weighted by atomic mass is 35.5. The lowest BCUT2D eigenvalue weighted by Gasteiger charge is -2.27. The third-order valence-corrected chi connectivity index (χ3v) is 8.24. The molecule has 8 nitrogen and oxygen atoms in total. The zero-order valence-corrected chi connectivity index (χ0v) is 23.8. The van der Waals surface area contributed by atoms with Gasteiger partial charge < -0.3 is 9.64 Å². The maximum absolute atomic E-state index is 13.1. The number of nitrogens with zero attached hydrogens (tertiary/aromatic N) is 3. The van der Waals surface area contributed by atoms with Gasteiger partial charge in [0.15, 0.2) is 0 Å². The molecule has 4 rings (SSSR count). The van der Waals surface area contributed by atoms with Crippen LogP contribution in [0.1, 0.15) is 55.7 Å². The summed E-state index contributed by atoms with van der Waals surface area (Å²) in [5.74, 6) is 0.0546. The normalized spacial score (nSPS) is 13.9. The lowest BCUT2D eigenvalue weighted by Crippen LogP contribution is -2.31. The summed E-state index contributed by atoms with van der Waals surface area (Å²) in [5.41, 5.74) is 3.82. The molecule has 0 radical (unpaired) electrons. The molecule has 1 aliphatic rings. The van der Waals surface area contributed by atoms with Crippen LogP contribution in [0, 0.1) is 0 Å². The minimum atomic E-state index is -4.04. The smallest absolute Gasteiger partial charge is 0.264 e. The number of nitrogens with one attached hydrogen (secondary N) is 1. The molecule has 1 amide bonds. The molecule has 0 fully saturated rings. The number of sulfonamides is 1. The van der Waals surface area contributed by atoms with Crippen LogP contribution in [-0.4, -0.2) is 30.7 Å². The van der Waals surface area contributed by atoms with Gasteiger partial charge in [0, 0.05) is 36.3 Å². The number of allylic oxidation sites excluding steroid dienone is 1. The molecule has 0 aliphatic carbocycles. The van der Waals surface area contributed by atoms with Gasteiger partial charge in [0.05, 0.1) is 23.3 Å². The third-order valence-electron chi connectivity index (χ3n) is 6.64. The van der Waals surface area contributed by atoms with Crippen LogP contribution in [0.15, 0.2) is 66.3 Å². The number of aromatic nitrogens is 2. The Morgan fingerprint density at radius 2 is 2.05 bits per heavy atom. The van der Waals surface area contributed by atoms with Gasteiger partial charge in [0.2, 0.25) is 5.91 Å². The van der Waals surface area contributed by atoms with Crippen molar-refractivity contribution in [1.82, 2.24) is 14.5 Å². The molecule has 1 aliphatic heterocycles. The van der Waals surface area contributed by atoms with Gasteiger partial charge in [0.25, 0.3) is 10.0 Å². The van der Waals surface area contributed by atoms with Gasteiger partial charge in [-0.15, -0.1) is 6.58 Å². The van der Waals surface area contributed by atoms with Crippen molar-refractivity contribution in [3.05, 3.63) is 83.2 Å². The van der Waals surface area contributed by atoms with E-state index in [9.17, 15) is 13.2 Å². The SMILES string of the molecule is C=CCn1cc(CN2CCCCc3cc(Cl)ccc3COc3ccc(S(=O)(=O)NC(=O)CCCC)cc32)cn1. The molecule has 0 saturated heterocycles. The monoisotopic (exact) mass is 570 g/mol. The van der Waals surface area contributed by atoms with E-state index >= 15 is 0 Å². The molecular formula is C29H35ClN4O4S. The summed E-state index contributed by atoms with van der Waals surface area (Å²) in [6.45, 7) is 7.83. The molecule has 10 heteroatoms. The second kappa shape index (κ2) is 13.2. The van der Waals surface area contributed by atoms with Crippen molar-refractivity contribution in [2.75, 3.05) is 11.4 Å². The molecule has 0 bridgehead atoms. The van der Waals surface area contributed by atoms with Crippen LogP contribution in [0.2, 0.25) is 5.02 Å². The van der Waals surface area contributed by atoms with Gasteiger partial charge >= 0.3 is 0 Å². The lowest BCUT2D eigenvalue weighted by atomic mass is 10.0. The van der Waals surface area contributed by atoms with Crippen molar-refractivity contribution < 1.29 is 17.9 Å². The first kappa shape index (κ1) is 28.7. The molecular weight excluding hydrogens is 536 g/mol. The fourth-order valence-electron chi connectivity index (χ4n) is 4.60. The Bertz CT molecular complexity index is 1420. The van der Waals surface area contributed by atoms with Crippen LogP contribution in [-0.2, 0) is 40.9 Å². The van der Waals surface area contributed by atoms with Gasteiger partial charge in [-0.1, -0.05) is 37.1 Å². The van der Waals surface area contributed by atoms with E-state index < -0.39 is 15.9 Å². The highest BCUT2D eigenvalue weighted by Gasteiger charge is 2.23. The Labute approximate surface area is 235 Å². The summed E-state index contributed by atoms with van der Waals surface area (Å²) < 4.78 is 36.6. The minimum Gasteiger partial charge on any atom is -0.487 e. The van der Waals surface area contributed by atoms with Crippen LogP contribution >= 0.6 is 11.6 Å². The molecule has 0 atom stereocenters. The third kappa shape index (κ3) is 7.64. The number of amides is 1. The first-order valence-electron chi connectivity index (χ1n) is 13.3. The van der Waals surface area contributed by atoms with Crippen LogP contribution < -0.4 is 14.4 Å². The van der Waals surface area contributed by atoms with Gasteiger partial charge in [-0.3, -0.25) is 9.48 Å². The average Bonchev–Trinajstić information content (AvgIpc) is 3.34. The number of ether oxygens (including phenoxy) is 1. The minimum absolute atomic E-state index is 0.0177. The molecule has 0 spiro atoms. The molecule has 0 unspecified atom stereocenters. The van der Waals surface area contributed by atoms with E-state index in [0.717, 1.165) is 42.4 Å². The number of carbonyl (C=O) groups excluding carboxylic acids is 1. The standard InChI is InChI=1S/C29H35ClN4O4S/c1-3-5-9-29(35)32-39(36,37)26-12-13-28-27(17-26)33(19-22-18-31-34(20-22)14-4-2)15-7-6-8-23-16-25(30)11-10-24(23)21-38-28/h4,10-13,16-18,20H,2-3,5-9,14-15,19,21H2,1H3,(H,32,35). The number of hydrogen-bond acceptors (Lipinski definition) is 6. The van der Waals surface area contributed by atoms with Gasteiger partial charge in [-0.25, -0.2) is 13.1 Å². The summed E-state index contributed by atoms with van der Waals surface area (Å²) in [7, 11) is -4.04. The number of benzene rings is 2. The van der Waals surface area contributed by atoms with E-state index in [1.807, 2.05) is 37.5 Å². The van der Waals surface area contributed by atoms with E-state index in [2.05, 4.69) is 21.3 Å². The Hall–Kier alpha value is -3.30. The molecule has 1 aromatic heterocycles. The molecule has 208 valence electrons. The lowest BCUT2D eigenvalue weighted by molar-refractivity contribution is -0.119. The second-order valence-corrected chi connectivity index (χ2v) is 11.8. The van der Waals surface area contributed by atoms with Crippen molar-refractivity contribution in [3.8, 4) is 5.75 Å². The largest absolute Gasteiger partial charge is 0.487 e. The van der Waals surface area contributed by atoms with Crippen molar-refractivity contribution in [2.45, 2.75) is 70.0 Å². The van der Waals surface area contributed by atoms with Crippen LogP contribution in [0.3, 0.4) is 0 Å². The quantitative estimate of drug-likeness (QED) is 0.335. The van der Waals surface area contributed by atoms with E-state index in [1.165, 1.54) is 6.07 Å². The van der Waals surface area contributed by atoms with Crippen LogP contribution in [0.25, 0.3) is 0 Å². The van der Waals surface area contributed by atoms with E-state index in [0.29, 0.717) is 49.1 Å². The number of aryl methyl sites for hydroxylation is 1. The number of halogens is 1. The average molecular weight is 571 g/mol. The summed E-state index contributed by atoms with van der Waals surface area (Å²) in [6, 6.07) is 10.6. The zero-order valence-electron chi connectivity index (χ0n) is 22.2. The number of unbranched alkanes of at least 4 members (excludes halogenated alkanes) is 1. The Balaban J connectivity index is 1.70. The Morgan fingerprint density at radius 3 is 2.85 bits per heavy atom. The fourth-order valence-corrected chi connectivity index (χ4v) is 5.83. The highest BCUT2D eigenvalue weighted by Crippen LogP contribution is 2.34. The number of carbonyl (C=O) groups is 1. The molecule has 2 heterocycles. The Kier molecular flexibility index (Phi) is 9.69. The van der Waals surface area contributed by atoms with Crippen LogP contribution in [0.5, 0.6) is 5.75 Å². The number of hydrogen-bond donors (Lipinski definition) is 1. The van der Waals surface area contributed by atoms with Crippen LogP contribution in [0.4, 0.5) is 5.69 Å². The van der Waals surface area contributed by atoms with E-state index in [1.54, 1.807) is 22.9 Å². The van der Waals surface area contributed by atoms with Gasteiger partial charge in [-0.05, 0) is 67.1 Å². The number of rotatable bonds is 9. The number of fused-ring (bicyclic) bond motifs is 2. The zero-order chi connectivity index (χ0) is 27.8. The van der Waals surface area contributed by atoms with Crippen molar-refractivity contribution in [1.29, 1.82) is 0 Å². The Morgan fingerprint density at radius 1 is 1.21 bits per heavy atom. The molecule has 39 heavy (non-hydrogen) atoms. The van der Waals surface area contributed by atoms with Crippen molar-refractivity contribution >= 4 is 33.2 Å². The molecule has 2 aromatic carbocycles. The molecule has 3 aromatic rings. The topological polar surface area (TPSA) is 93.5 Å². The summed E-state index contributed by atoms with van der Waals surface area (Å²) in [5, 5.41) is 5.09. The van der Waals surface area contributed by atoms with E-state index in [4.69, 9.17) is 16.3 Å². The van der Waals surface area contributed by atoms with E-state index in [-0.39, 0.29) is 11.3 Å². The fraction of sp³-hybridized carbons (Fsp3) is 0.379. The van der Waals surface area contributed by atoms with Crippen molar-refractivity contribution in [2.24, 2.45) is 0 Å². The summed E-state index contributed by atoms with van der Waals surface area (Å²) in [6.07, 6.45) is 9.80. The maximum atomic E-state index is 13.1. The second-order valence-electron chi connectivity index (χ2n) is 9.70. The van der Waals surface area contributed by atoms with Crippen molar-refractivity contribution in [3.63, 3.8) is 0 Å². The first-order valence-corrected chi connectivity index (χ1v) is 15.1. The van der Waals surface area contributed by atoms with Gasteiger partial charge in [0.1, 0.15) is 12.4 Å².